The van der Waals surface area contributed by atoms with Crippen LogP contribution < -0.4 is 5.32 Å². The third-order valence-corrected chi connectivity index (χ3v) is 3.26. The molecule has 1 amide bonds. The summed E-state index contributed by atoms with van der Waals surface area (Å²) in [5.41, 5.74) is 1.41. The highest BCUT2D eigenvalue weighted by atomic mass is 16.5. The zero-order valence-corrected chi connectivity index (χ0v) is 10.5. The molecule has 0 radical (unpaired) electrons. The fourth-order valence-corrected chi connectivity index (χ4v) is 2.28. The van der Waals surface area contributed by atoms with E-state index < -0.39 is 0 Å². The van der Waals surface area contributed by atoms with Gasteiger partial charge in [0.05, 0.1) is 6.54 Å². The van der Waals surface area contributed by atoms with Crippen LogP contribution in [0, 0.1) is 0 Å². The Morgan fingerprint density at radius 3 is 3.16 bits per heavy atom. The maximum Gasteiger partial charge on any atom is 0.273 e. The number of fused-ring (bicyclic) bond motifs is 1. The molecule has 7 nitrogen and oxygen atoms in total. The molecule has 0 saturated heterocycles. The van der Waals surface area contributed by atoms with Gasteiger partial charge in [0.1, 0.15) is 18.4 Å². The second-order valence-electron chi connectivity index (χ2n) is 4.55. The molecule has 7 heteroatoms. The number of carbonyl (C=O) groups is 1. The Bertz CT molecular complexity index is 561. The van der Waals surface area contributed by atoms with Crippen LogP contribution in [0.25, 0.3) is 0 Å². The number of carbonyl (C=O) groups excluding carboxylic acids is 1. The molecule has 2 aromatic rings. The van der Waals surface area contributed by atoms with Gasteiger partial charge in [0.25, 0.3) is 5.91 Å². The van der Waals surface area contributed by atoms with Crippen molar-refractivity contribution >= 4 is 5.91 Å². The Labute approximate surface area is 110 Å². The predicted molar refractivity (Wildman–Crippen MR) is 65.5 cm³/mol. The lowest BCUT2D eigenvalue weighted by molar-refractivity contribution is 0.0942. The Hall–Kier alpha value is -2.18. The third kappa shape index (κ3) is 2.49. The van der Waals surface area contributed by atoms with Crippen molar-refractivity contribution in [3.8, 4) is 0 Å². The Morgan fingerprint density at radius 1 is 1.42 bits per heavy atom. The Morgan fingerprint density at radius 2 is 2.32 bits per heavy atom. The highest BCUT2D eigenvalue weighted by Gasteiger charge is 2.23. The van der Waals surface area contributed by atoms with Crippen LogP contribution in [0.2, 0.25) is 0 Å². The minimum Gasteiger partial charge on any atom is -0.360 e. The molecule has 1 N–H and O–H groups in total. The molecule has 100 valence electrons. The number of nitrogens with zero attached hydrogens (tertiary/aromatic N) is 4. The second-order valence-corrected chi connectivity index (χ2v) is 4.55. The van der Waals surface area contributed by atoms with Gasteiger partial charge in [-0.15, -0.1) is 0 Å². The van der Waals surface area contributed by atoms with E-state index in [9.17, 15) is 4.79 Å². The van der Waals surface area contributed by atoms with Crippen molar-refractivity contribution in [2.75, 3.05) is 6.54 Å². The van der Waals surface area contributed by atoms with Crippen molar-refractivity contribution in [2.24, 2.45) is 0 Å². The van der Waals surface area contributed by atoms with Crippen molar-refractivity contribution in [2.45, 2.75) is 32.2 Å². The lowest BCUT2D eigenvalue weighted by Gasteiger charge is -2.09. The standard InChI is InChI=1S/C12H15N5O2/c18-12(14-5-6-17-8-13-7-15-17)11-9-3-1-2-4-10(9)19-16-11/h7-8H,1-6H2,(H,14,18). The summed E-state index contributed by atoms with van der Waals surface area (Å²) in [5.74, 6) is 0.694. The summed E-state index contributed by atoms with van der Waals surface area (Å²) >= 11 is 0. The normalized spacial score (nSPS) is 14.1. The van der Waals surface area contributed by atoms with E-state index in [4.69, 9.17) is 4.52 Å². The van der Waals surface area contributed by atoms with Crippen LogP contribution in [0.4, 0.5) is 0 Å². The first-order chi connectivity index (χ1) is 9.34. The molecule has 0 aromatic carbocycles. The highest BCUT2D eigenvalue weighted by molar-refractivity contribution is 5.93. The molecule has 2 aromatic heterocycles. The number of aryl methyl sites for hydroxylation is 1. The van der Waals surface area contributed by atoms with E-state index in [-0.39, 0.29) is 5.91 Å². The van der Waals surface area contributed by atoms with E-state index in [1.54, 1.807) is 11.0 Å². The first kappa shape index (κ1) is 11.9. The van der Waals surface area contributed by atoms with E-state index in [2.05, 4.69) is 20.6 Å². The van der Waals surface area contributed by atoms with E-state index in [0.29, 0.717) is 18.8 Å². The maximum atomic E-state index is 12.0. The summed E-state index contributed by atoms with van der Waals surface area (Å²) in [4.78, 5) is 15.9. The van der Waals surface area contributed by atoms with Crippen molar-refractivity contribution < 1.29 is 9.32 Å². The number of amides is 1. The highest BCUT2D eigenvalue weighted by Crippen LogP contribution is 2.23. The number of hydrogen-bond acceptors (Lipinski definition) is 5. The summed E-state index contributed by atoms with van der Waals surface area (Å²) in [6, 6.07) is 0. The minimum absolute atomic E-state index is 0.174. The molecule has 0 fully saturated rings. The van der Waals surface area contributed by atoms with E-state index in [1.807, 2.05) is 0 Å². The largest absolute Gasteiger partial charge is 0.360 e. The van der Waals surface area contributed by atoms with Gasteiger partial charge in [-0.2, -0.15) is 5.10 Å². The summed E-state index contributed by atoms with van der Waals surface area (Å²) in [5, 5.41) is 10.7. The Kier molecular flexibility index (Phi) is 3.26. The van der Waals surface area contributed by atoms with Crippen LogP contribution in [0.3, 0.4) is 0 Å². The van der Waals surface area contributed by atoms with Gasteiger partial charge in [0.15, 0.2) is 5.69 Å². The molecule has 2 heterocycles. The van der Waals surface area contributed by atoms with E-state index in [1.165, 1.54) is 6.33 Å². The monoisotopic (exact) mass is 261 g/mol. The fraction of sp³-hybridized carbons (Fsp3) is 0.500. The van der Waals surface area contributed by atoms with Crippen molar-refractivity contribution in [3.05, 3.63) is 29.7 Å². The molecule has 1 aliphatic rings. The average Bonchev–Trinajstić information content (AvgIpc) is 3.07. The quantitative estimate of drug-likeness (QED) is 0.869. The van der Waals surface area contributed by atoms with Crippen molar-refractivity contribution in [3.63, 3.8) is 0 Å². The van der Waals surface area contributed by atoms with Crippen LogP contribution in [-0.4, -0.2) is 32.4 Å². The van der Waals surface area contributed by atoms with Gasteiger partial charge < -0.3 is 9.84 Å². The molecule has 0 bridgehead atoms. The summed E-state index contributed by atoms with van der Waals surface area (Å²) < 4.78 is 6.89. The molecule has 0 unspecified atom stereocenters. The number of rotatable bonds is 4. The molecule has 0 saturated carbocycles. The first-order valence-corrected chi connectivity index (χ1v) is 6.42. The van der Waals surface area contributed by atoms with Gasteiger partial charge in [-0.05, 0) is 19.3 Å². The molecule has 1 aliphatic carbocycles. The fourth-order valence-electron chi connectivity index (χ4n) is 2.28. The van der Waals surface area contributed by atoms with Crippen LogP contribution in [0.15, 0.2) is 17.2 Å². The number of hydrogen-bond donors (Lipinski definition) is 1. The lowest BCUT2D eigenvalue weighted by Crippen LogP contribution is -2.28. The second kappa shape index (κ2) is 5.21. The van der Waals surface area contributed by atoms with Gasteiger partial charge in [0.2, 0.25) is 0 Å². The van der Waals surface area contributed by atoms with Gasteiger partial charge in [0, 0.05) is 18.5 Å². The van der Waals surface area contributed by atoms with Gasteiger partial charge >= 0.3 is 0 Å². The summed E-state index contributed by atoms with van der Waals surface area (Å²) in [6.07, 6.45) is 7.04. The van der Waals surface area contributed by atoms with Gasteiger partial charge in [-0.1, -0.05) is 5.16 Å². The number of nitrogens with one attached hydrogen (secondary N) is 1. The molecule has 3 rings (SSSR count). The van der Waals surface area contributed by atoms with Crippen LogP contribution in [0.1, 0.15) is 34.7 Å². The van der Waals surface area contributed by atoms with E-state index in [0.717, 1.165) is 37.0 Å². The number of aromatic nitrogens is 4. The molecule has 0 atom stereocenters. The zero-order chi connectivity index (χ0) is 13.1. The average molecular weight is 261 g/mol. The lowest BCUT2D eigenvalue weighted by atomic mass is 9.96. The van der Waals surface area contributed by atoms with Crippen molar-refractivity contribution in [1.29, 1.82) is 0 Å². The van der Waals surface area contributed by atoms with Gasteiger partial charge in [-0.3, -0.25) is 9.48 Å². The first-order valence-electron chi connectivity index (χ1n) is 6.42. The molecule has 19 heavy (non-hydrogen) atoms. The minimum atomic E-state index is -0.174. The smallest absolute Gasteiger partial charge is 0.273 e. The SMILES string of the molecule is O=C(NCCn1cncn1)c1noc2c1CCCC2. The predicted octanol–water partition coefficient (Wildman–Crippen LogP) is 0.575. The summed E-state index contributed by atoms with van der Waals surface area (Å²) in [7, 11) is 0. The molecule has 0 spiro atoms. The topological polar surface area (TPSA) is 85.8 Å². The third-order valence-electron chi connectivity index (χ3n) is 3.26. The van der Waals surface area contributed by atoms with Crippen LogP contribution in [-0.2, 0) is 19.4 Å². The maximum absolute atomic E-state index is 12.0. The van der Waals surface area contributed by atoms with Crippen LogP contribution >= 0.6 is 0 Å². The zero-order valence-electron chi connectivity index (χ0n) is 10.5. The molecular formula is C12H15N5O2. The summed E-state index contributed by atoms with van der Waals surface area (Å²) in [6.45, 7) is 1.08. The van der Waals surface area contributed by atoms with Gasteiger partial charge in [-0.25, -0.2) is 4.98 Å². The Balaban J connectivity index is 1.59. The van der Waals surface area contributed by atoms with Crippen LogP contribution in [0.5, 0.6) is 0 Å². The molecule has 0 aliphatic heterocycles. The van der Waals surface area contributed by atoms with E-state index >= 15 is 0 Å². The molecular weight excluding hydrogens is 246 g/mol. The van der Waals surface area contributed by atoms with Crippen molar-refractivity contribution in [1.82, 2.24) is 25.2 Å².